The van der Waals surface area contributed by atoms with Crippen LogP contribution in [-0.4, -0.2) is 40.1 Å². The lowest BCUT2D eigenvalue weighted by molar-refractivity contribution is -0.124. The van der Waals surface area contributed by atoms with Gasteiger partial charge in [0.25, 0.3) is 5.56 Å². The molecule has 1 unspecified atom stereocenters. The lowest BCUT2D eigenvalue weighted by Crippen LogP contribution is -2.31. The van der Waals surface area contributed by atoms with Crippen molar-refractivity contribution in [3.63, 3.8) is 0 Å². The molecule has 2 fully saturated rings. The summed E-state index contributed by atoms with van der Waals surface area (Å²) in [6.45, 7) is 2.65. The first-order chi connectivity index (χ1) is 17.6. The van der Waals surface area contributed by atoms with Gasteiger partial charge in [-0.2, -0.15) is 5.10 Å². The molecule has 1 atom stereocenters. The van der Waals surface area contributed by atoms with E-state index in [9.17, 15) is 14.0 Å². The largest absolute Gasteiger partial charge is 0.303 e. The summed E-state index contributed by atoms with van der Waals surface area (Å²) in [5, 5.41) is 6.43. The molecule has 1 aliphatic heterocycles. The van der Waals surface area contributed by atoms with Crippen molar-refractivity contribution in [2.45, 2.75) is 70.3 Å². The molecule has 1 saturated carbocycles. The van der Waals surface area contributed by atoms with Gasteiger partial charge in [0.2, 0.25) is 0 Å². The van der Waals surface area contributed by atoms with E-state index >= 15 is 0 Å². The Labute approximate surface area is 212 Å². The van der Waals surface area contributed by atoms with Gasteiger partial charge in [-0.1, -0.05) is 49.6 Å². The van der Waals surface area contributed by atoms with Gasteiger partial charge in [0, 0.05) is 37.2 Å². The molecule has 1 aromatic heterocycles. The van der Waals surface area contributed by atoms with Crippen LogP contribution in [0.4, 0.5) is 4.39 Å². The van der Waals surface area contributed by atoms with Gasteiger partial charge in [0.05, 0.1) is 17.1 Å². The molecule has 0 radical (unpaired) electrons. The van der Waals surface area contributed by atoms with Crippen molar-refractivity contribution in [2.75, 3.05) is 19.6 Å². The zero-order chi connectivity index (χ0) is 24.9. The minimum atomic E-state index is -0.259. The van der Waals surface area contributed by atoms with E-state index in [1.165, 1.54) is 31.4 Å². The summed E-state index contributed by atoms with van der Waals surface area (Å²) >= 11 is 0. The van der Waals surface area contributed by atoms with Crippen molar-refractivity contribution >= 4 is 16.6 Å². The fourth-order valence-corrected chi connectivity index (χ4v) is 5.95. The lowest BCUT2D eigenvalue weighted by Gasteiger charge is -2.23. The fourth-order valence-electron chi connectivity index (χ4n) is 5.95. The second-order valence-electron chi connectivity index (χ2n) is 10.5. The van der Waals surface area contributed by atoms with Crippen LogP contribution in [0.1, 0.15) is 75.1 Å². The number of fused-ring (bicyclic) bond motifs is 1. The highest BCUT2D eigenvalue weighted by atomic mass is 19.1. The Hall–Kier alpha value is -2.86. The van der Waals surface area contributed by atoms with E-state index in [2.05, 4.69) is 4.90 Å². The summed E-state index contributed by atoms with van der Waals surface area (Å²) < 4.78 is 15.1. The number of ketones is 1. The van der Waals surface area contributed by atoms with E-state index < -0.39 is 0 Å². The minimum Gasteiger partial charge on any atom is -0.303 e. The number of hydrogen-bond donors (Lipinski definition) is 0. The Balaban J connectivity index is 1.31. The third-order valence-electron chi connectivity index (χ3n) is 8.06. The van der Waals surface area contributed by atoms with Crippen LogP contribution in [0.25, 0.3) is 10.8 Å². The Morgan fingerprint density at radius 1 is 0.889 bits per heavy atom. The van der Waals surface area contributed by atoms with Gasteiger partial charge in [0.15, 0.2) is 0 Å². The normalized spacial score (nSPS) is 19.9. The quantitative estimate of drug-likeness (QED) is 0.428. The van der Waals surface area contributed by atoms with Crippen LogP contribution in [0, 0.1) is 11.7 Å². The second-order valence-corrected chi connectivity index (χ2v) is 10.5. The molecule has 1 saturated heterocycles. The average Bonchev–Trinajstić information content (AvgIpc) is 3.16. The fraction of sp³-hybridized carbons (Fsp3) is 0.500. The molecular weight excluding hydrogens is 453 g/mol. The smallest absolute Gasteiger partial charge is 0.274 e. The van der Waals surface area contributed by atoms with E-state index in [1.54, 1.807) is 16.8 Å². The second kappa shape index (κ2) is 11.5. The molecule has 190 valence electrons. The summed E-state index contributed by atoms with van der Waals surface area (Å²) in [5.74, 6) is 0.455. The number of nitrogens with zero attached hydrogens (tertiary/aromatic N) is 3. The van der Waals surface area contributed by atoms with Crippen molar-refractivity contribution in [2.24, 2.45) is 5.92 Å². The standard InChI is InChI=1S/C30H36FN3O2/c31-24-14-12-22(13-15-24)21-28-26-10-4-5-11-27(26)30(36)34(32-28)25-9-6-18-33(19-16-25)20-17-29(35)23-7-2-1-3-8-23/h4-5,10-15,23,25H,1-3,6-9,16-21H2. The molecular formula is C30H36FN3O2. The van der Waals surface area contributed by atoms with Crippen LogP contribution in [0.5, 0.6) is 0 Å². The maximum absolute atomic E-state index is 13.5. The molecule has 6 heteroatoms. The first-order valence-corrected chi connectivity index (χ1v) is 13.6. The molecule has 5 nitrogen and oxygen atoms in total. The molecule has 2 heterocycles. The summed E-state index contributed by atoms with van der Waals surface area (Å²) in [7, 11) is 0. The highest BCUT2D eigenvalue weighted by molar-refractivity contribution is 5.83. The predicted molar refractivity (Wildman–Crippen MR) is 141 cm³/mol. The van der Waals surface area contributed by atoms with Crippen LogP contribution < -0.4 is 5.56 Å². The number of hydrogen-bond acceptors (Lipinski definition) is 4. The first-order valence-electron chi connectivity index (χ1n) is 13.6. The molecule has 0 amide bonds. The topological polar surface area (TPSA) is 55.2 Å². The van der Waals surface area contributed by atoms with Gasteiger partial charge in [-0.05, 0) is 62.4 Å². The third-order valence-corrected chi connectivity index (χ3v) is 8.06. The Morgan fingerprint density at radius 3 is 2.42 bits per heavy atom. The third kappa shape index (κ3) is 5.75. The number of rotatable bonds is 7. The average molecular weight is 490 g/mol. The van der Waals surface area contributed by atoms with Gasteiger partial charge < -0.3 is 4.90 Å². The summed E-state index contributed by atoms with van der Waals surface area (Å²) in [4.78, 5) is 28.5. The number of benzene rings is 2. The Kier molecular flexibility index (Phi) is 7.90. The van der Waals surface area contributed by atoms with Gasteiger partial charge in [-0.3, -0.25) is 9.59 Å². The molecule has 1 aliphatic carbocycles. The SMILES string of the molecule is O=C(CCN1CCCC(n2nc(Cc3ccc(F)cc3)c3ccccc3c2=O)CC1)C1CCCCC1. The maximum atomic E-state index is 13.5. The minimum absolute atomic E-state index is 0.0353. The number of carbonyl (C=O) groups excluding carboxylic acids is 1. The van der Waals surface area contributed by atoms with E-state index in [-0.39, 0.29) is 23.3 Å². The van der Waals surface area contributed by atoms with Gasteiger partial charge in [0.1, 0.15) is 11.6 Å². The Morgan fingerprint density at radius 2 is 1.64 bits per heavy atom. The Bertz CT molecular complexity index is 1250. The van der Waals surface area contributed by atoms with Crippen LogP contribution in [0.3, 0.4) is 0 Å². The summed E-state index contributed by atoms with van der Waals surface area (Å²) in [6, 6.07) is 14.2. The molecule has 0 spiro atoms. The first kappa shape index (κ1) is 24.8. The van der Waals surface area contributed by atoms with Crippen molar-refractivity contribution < 1.29 is 9.18 Å². The van der Waals surface area contributed by atoms with Crippen molar-refractivity contribution in [3.8, 4) is 0 Å². The van der Waals surface area contributed by atoms with Gasteiger partial charge in [-0.15, -0.1) is 0 Å². The van der Waals surface area contributed by atoms with Crippen LogP contribution in [0.15, 0.2) is 53.3 Å². The summed E-state index contributed by atoms with van der Waals surface area (Å²) in [6.07, 6.45) is 9.70. The highest BCUT2D eigenvalue weighted by Gasteiger charge is 2.24. The number of likely N-dealkylation sites (tertiary alicyclic amines) is 1. The highest BCUT2D eigenvalue weighted by Crippen LogP contribution is 2.27. The molecule has 2 aliphatic rings. The van der Waals surface area contributed by atoms with Gasteiger partial charge in [-0.25, -0.2) is 9.07 Å². The number of halogens is 1. The molecule has 0 bridgehead atoms. The monoisotopic (exact) mass is 489 g/mol. The zero-order valence-electron chi connectivity index (χ0n) is 21.0. The van der Waals surface area contributed by atoms with Crippen LogP contribution >= 0.6 is 0 Å². The summed E-state index contributed by atoms with van der Waals surface area (Å²) in [5.41, 5.74) is 1.77. The lowest BCUT2D eigenvalue weighted by atomic mass is 9.85. The molecule has 2 aromatic carbocycles. The van der Waals surface area contributed by atoms with E-state index in [0.717, 1.165) is 68.4 Å². The maximum Gasteiger partial charge on any atom is 0.274 e. The van der Waals surface area contributed by atoms with E-state index in [4.69, 9.17) is 5.10 Å². The van der Waals surface area contributed by atoms with Crippen molar-refractivity contribution in [3.05, 3.63) is 76.0 Å². The number of Topliss-reactive ketones (excluding diaryl/α,β-unsaturated/α-hetero) is 1. The molecule has 0 N–H and O–H groups in total. The molecule has 5 rings (SSSR count). The van der Waals surface area contributed by atoms with Crippen LogP contribution in [0.2, 0.25) is 0 Å². The predicted octanol–water partition coefficient (Wildman–Crippen LogP) is 5.69. The van der Waals surface area contributed by atoms with Crippen molar-refractivity contribution in [1.29, 1.82) is 0 Å². The molecule has 36 heavy (non-hydrogen) atoms. The van der Waals surface area contributed by atoms with E-state index in [0.29, 0.717) is 24.0 Å². The van der Waals surface area contributed by atoms with Crippen molar-refractivity contribution in [1.82, 2.24) is 14.7 Å². The van der Waals surface area contributed by atoms with Gasteiger partial charge >= 0.3 is 0 Å². The number of carbonyl (C=O) groups is 1. The van der Waals surface area contributed by atoms with E-state index in [1.807, 2.05) is 24.3 Å². The van der Waals surface area contributed by atoms with Crippen LogP contribution in [-0.2, 0) is 11.2 Å². The molecule has 3 aromatic rings. The number of aromatic nitrogens is 2. The zero-order valence-corrected chi connectivity index (χ0v) is 21.0.